The Bertz CT molecular complexity index is 1470. The fourth-order valence-corrected chi connectivity index (χ4v) is 4.90. The van der Waals surface area contributed by atoms with Crippen molar-refractivity contribution in [1.29, 1.82) is 0 Å². The minimum absolute atomic E-state index is 0.00629. The fraction of sp³-hybridized carbons (Fsp3) is 0.259. The Kier molecular flexibility index (Phi) is 6.99. The van der Waals surface area contributed by atoms with E-state index in [4.69, 9.17) is 22.1 Å². The molecule has 0 spiro atoms. The van der Waals surface area contributed by atoms with Crippen LogP contribution in [0, 0.1) is 11.6 Å². The first-order chi connectivity index (χ1) is 17.8. The summed E-state index contributed by atoms with van der Waals surface area (Å²) in [6.45, 7) is 3.73. The van der Waals surface area contributed by atoms with Crippen molar-refractivity contribution in [2.45, 2.75) is 32.5 Å². The van der Waals surface area contributed by atoms with Gasteiger partial charge in [0, 0.05) is 67.0 Å². The van der Waals surface area contributed by atoms with Gasteiger partial charge >= 0.3 is 0 Å². The summed E-state index contributed by atoms with van der Waals surface area (Å²) in [5.74, 6) is -1.03. The van der Waals surface area contributed by atoms with Crippen LogP contribution in [-0.4, -0.2) is 39.9 Å². The number of aromatic nitrogens is 2. The zero-order valence-corrected chi connectivity index (χ0v) is 20.9. The van der Waals surface area contributed by atoms with Gasteiger partial charge in [0.1, 0.15) is 18.2 Å². The number of benzene rings is 2. The summed E-state index contributed by atoms with van der Waals surface area (Å²) in [7, 11) is 0. The van der Waals surface area contributed by atoms with Gasteiger partial charge in [-0.1, -0.05) is 17.7 Å². The molecule has 37 heavy (non-hydrogen) atoms. The molecular formula is C27H26ClF2N5O2. The molecule has 2 aromatic heterocycles. The number of pyridine rings is 1. The molecule has 192 valence electrons. The summed E-state index contributed by atoms with van der Waals surface area (Å²) in [6.07, 6.45) is 4.58. The van der Waals surface area contributed by atoms with Gasteiger partial charge in [0.2, 0.25) is 5.91 Å². The summed E-state index contributed by atoms with van der Waals surface area (Å²) < 4.78 is 33.6. The molecule has 4 N–H and O–H groups in total. The first-order valence-electron chi connectivity index (χ1n) is 11.9. The highest BCUT2D eigenvalue weighted by Gasteiger charge is 2.23. The van der Waals surface area contributed by atoms with Gasteiger partial charge < -0.3 is 20.8 Å². The topological polar surface area (TPSA) is 96.3 Å². The van der Waals surface area contributed by atoms with Gasteiger partial charge in [-0.05, 0) is 47.9 Å². The van der Waals surface area contributed by atoms with Gasteiger partial charge in [-0.2, -0.15) is 0 Å². The normalized spacial score (nSPS) is 15.8. The van der Waals surface area contributed by atoms with E-state index < -0.39 is 11.6 Å². The molecule has 3 heterocycles. The SMILES string of the molecule is CC(=O)NC1CCN(Cc2c[nH]c3ccc(-c4cnc(N)c(OCc5c(F)ccc(F)c5Cl)c4)cc23)C1. The molecule has 0 aliphatic carbocycles. The monoisotopic (exact) mass is 525 g/mol. The maximum Gasteiger partial charge on any atom is 0.217 e. The van der Waals surface area contributed by atoms with E-state index in [1.165, 1.54) is 0 Å². The van der Waals surface area contributed by atoms with E-state index in [2.05, 4.69) is 26.3 Å². The number of carbonyl (C=O) groups is 1. The number of likely N-dealkylation sites (tertiary alicyclic amines) is 1. The molecule has 2 aromatic carbocycles. The lowest BCUT2D eigenvalue weighted by atomic mass is 10.0. The van der Waals surface area contributed by atoms with Gasteiger partial charge in [-0.25, -0.2) is 13.8 Å². The molecule has 1 aliphatic heterocycles. The Labute approximate surface area is 217 Å². The number of anilines is 1. The second-order valence-electron chi connectivity index (χ2n) is 9.21. The first kappa shape index (κ1) is 25.0. The average molecular weight is 526 g/mol. The van der Waals surface area contributed by atoms with Gasteiger partial charge in [0.25, 0.3) is 0 Å². The number of aromatic amines is 1. The van der Waals surface area contributed by atoms with Crippen molar-refractivity contribution in [1.82, 2.24) is 20.2 Å². The van der Waals surface area contributed by atoms with Crippen molar-refractivity contribution in [3.8, 4) is 16.9 Å². The number of fused-ring (bicyclic) bond motifs is 1. The smallest absolute Gasteiger partial charge is 0.217 e. The van der Waals surface area contributed by atoms with E-state index in [-0.39, 0.29) is 40.7 Å². The maximum atomic E-state index is 14.2. The largest absolute Gasteiger partial charge is 0.485 e. The number of hydrogen-bond acceptors (Lipinski definition) is 5. The highest BCUT2D eigenvalue weighted by atomic mass is 35.5. The Morgan fingerprint density at radius 1 is 1.24 bits per heavy atom. The number of nitrogens with one attached hydrogen (secondary N) is 2. The zero-order valence-electron chi connectivity index (χ0n) is 20.2. The van der Waals surface area contributed by atoms with Crippen LogP contribution in [0.25, 0.3) is 22.0 Å². The second-order valence-corrected chi connectivity index (χ2v) is 9.59. The number of H-pyrrole nitrogens is 1. The van der Waals surface area contributed by atoms with Crippen LogP contribution < -0.4 is 15.8 Å². The van der Waals surface area contributed by atoms with Gasteiger partial charge in [-0.3, -0.25) is 9.69 Å². The van der Waals surface area contributed by atoms with Crippen molar-refractivity contribution in [3.63, 3.8) is 0 Å². The third-order valence-electron chi connectivity index (χ3n) is 6.57. The number of carbonyl (C=O) groups excluding carboxylic acids is 1. The summed E-state index contributed by atoms with van der Waals surface area (Å²) in [5.41, 5.74) is 9.72. The Hall–Kier alpha value is -3.69. The van der Waals surface area contributed by atoms with Gasteiger partial charge in [-0.15, -0.1) is 0 Å². The molecule has 1 atom stereocenters. The fourth-order valence-electron chi connectivity index (χ4n) is 4.69. The molecule has 1 fully saturated rings. The Balaban J connectivity index is 1.36. The minimum atomic E-state index is -0.725. The van der Waals surface area contributed by atoms with Crippen molar-refractivity contribution < 1.29 is 18.3 Å². The number of amides is 1. The number of rotatable bonds is 7. The Morgan fingerprint density at radius 3 is 2.86 bits per heavy atom. The first-order valence-corrected chi connectivity index (χ1v) is 12.3. The van der Waals surface area contributed by atoms with Crippen molar-refractivity contribution in [2.75, 3.05) is 18.8 Å². The van der Waals surface area contributed by atoms with Crippen molar-refractivity contribution in [2.24, 2.45) is 0 Å². The van der Waals surface area contributed by atoms with Crippen LogP contribution in [0.5, 0.6) is 5.75 Å². The number of nitrogens with zero attached hydrogens (tertiary/aromatic N) is 2. The Morgan fingerprint density at radius 2 is 2.05 bits per heavy atom. The van der Waals surface area contributed by atoms with Crippen LogP contribution in [0.4, 0.5) is 14.6 Å². The average Bonchev–Trinajstić information content (AvgIpc) is 3.48. The molecule has 1 saturated heterocycles. The lowest BCUT2D eigenvalue weighted by Gasteiger charge is -2.16. The van der Waals surface area contributed by atoms with E-state index in [0.29, 0.717) is 0 Å². The molecule has 4 aromatic rings. The standard InChI is InChI=1S/C27H26ClF2N5O2/c1-15(36)34-19-6-7-35(13-19)12-18-11-32-24-5-2-16(8-20(18)24)17-9-25(27(31)33-10-17)37-14-21-22(29)3-4-23(30)26(21)28/h2-5,8-11,19,32H,6-7,12-14H2,1H3,(H2,31,33)(H,34,36). The van der Waals surface area contributed by atoms with Crippen LogP contribution in [0.2, 0.25) is 5.02 Å². The third kappa shape index (κ3) is 5.38. The van der Waals surface area contributed by atoms with Crippen molar-refractivity contribution >= 4 is 34.2 Å². The predicted molar refractivity (Wildman–Crippen MR) is 139 cm³/mol. The number of hydrogen-bond donors (Lipinski definition) is 3. The molecule has 5 rings (SSSR count). The lowest BCUT2D eigenvalue weighted by molar-refractivity contribution is -0.119. The van der Waals surface area contributed by atoms with E-state index in [1.54, 1.807) is 19.2 Å². The highest BCUT2D eigenvalue weighted by Crippen LogP contribution is 2.32. The van der Waals surface area contributed by atoms with Crippen LogP contribution >= 0.6 is 11.6 Å². The van der Waals surface area contributed by atoms with E-state index in [9.17, 15) is 13.6 Å². The summed E-state index contributed by atoms with van der Waals surface area (Å²) in [6, 6.07) is 9.90. The van der Waals surface area contributed by atoms with Gasteiger partial charge in [0.15, 0.2) is 11.6 Å². The van der Waals surface area contributed by atoms with Crippen molar-refractivity contribution in [3.05, 3.63) is 76.6 Å². The molecular weight excluding hydrogens is 500 g/mol. The molecule has 1 aliphatic rings. The zero-order chi connectivity index (χ0) is 26.1. The van der Waals surface area contributed by atoms with E-state index >= 15 is 0 Å². The number of ether oxygens (including phenoxy) is 1. The molecule has 10 heteroatoms. The predicted octanol–water partition coefficient (Wildman–Crippen LogP) is 5.03. The summed E-state index contributed by atoms with van der Waals surface area (Å²) in [4.78, 5) is 21.3. The lowest BCUT2D eigenvalue weighted by Crippen LogP contribution is -2.35. The minimum Gasteiger partial charge on any atom is -0.485 e. The molecule has 0 saturated carbocycles. The van der Waals surface area contributed by atoms with Crippen LogP contribution in [0.1, 0.15) is 24.5 Å². The summed E-state index contributed by atoms with van der Waals surface area (Å²) >= 11 is 5.92. The highest BCUT2D eigenvalue weighted by molar-refractivity contribution is 6.31. The summed E-state index contributed by atoms with van der Waals surface area (Å²) in [5, 5.41) is 3.75. The van der Waals surface area contributed by atoms with Crippen LogP contribution in [-0.2, 0) is 17.9 Å². The number of nitrogen functional groups attached to an aromatic ring is 1. The molecule has 0 bridgehead atoms. The number of nitrogens with two attached hydrogens (primary N) is 1. The maximum absolute atomic E-state index is 14.2. The third-order valence-corrected chi connectivity index (χ3v) is 6.98. The molecule has 0 radical (unpaired) electrons. The van der Waals surface area contributed by atoms with Gasteiger partial charge in [0.05, 0.1) is 5.02 Å². The molecule has 1 amide bonds. The van der Waals surface area contributed by atoms with Crippen LogP contribution in [0.3, 0.4) is 0 Å². The number of halogens is 3. The molecule has 1 unspecified atom stereocenters. The molecule has 7 nitrogen and oxygen atoms in total. The second kappa shape index (κ2) is 10.4. The quantitative estimate of drug-likeness (QED) is 0.294. The van der Waals surface area contributed by atoms with E-state index in [0.717, 1.165) is 65.8 Å². The van der Waals surface area contributed by atoms with Crippen LogP contribution in [0.15, 0.2) is 48.8 Å². The van der Waals surface area contributed by atoms with E-state index in [1.807, 2.05) is 18.3 Å².